The van der Waals surface area contributed by atoms with Crippen LogP contribution >= 0.6 is 0 Å². The van der Waals surface area contributed by atoms with Gasteiger partial charge in [-0.15, -0.1) is 0 Å². The molecule has 1 aliphatic carbocycles. The minimum Gasteiger partial charge on any atom is -0.330 e. The minimum atomic E-state index is 0.734. The van der Waals surface area contributed by atoms with Crippen LogP contribution in [0, 0.1) is 17.8 Å². The van der Waals surface area contributed by atoms with Crippen LogP contribution < -0.4 is 11.5 Å². The summed E-state index contributed by atoms with van der Waals surface area (Å²) < 4.78 is 0. The Morgan fingerprint density at radius 2 is 1.91 bits per heavy atom. The summed E-state index contributed by atoms with van der Waals surface area (Å²) in [5, 5.41) is 0. The van der Waals surface area contributed by atoms with E-state index >= 15 is 0 Å². The Bertz CT molecular complexity index is 114. The van der Waals surface area contributed by atoms with Crippen LogP contribution in [0.5, 0.6) is 0 Å². The van der Waals surface area contributed by atoms with Gasteiger partial charge in [0.25, 0.3) is 0 Å². The summed E-state index contributed by atoms with van der Waals surface area (Å²) >= 11 is 0. The van der Waals surface area contributed by atoms with Crippen molar-refractivity contribution in [2.75, 3.05) is 13.1 Å². The van der Waals surface area contributed by atoms with Crippen molar-refractivity contribution in [3.05, 3.63) is 0 Å². The van der Waals surface area contributed by atoms with E-state index in [1.165, 1.54) is 19.3 Å². The molecule has 0 saturated heterocycles. The van der Waals surface area contributed by atoms with Gasteiger partial charge in [-0.25, -0.2) is 0 Å². The van der Waals surface area contributed by atoms with Gasteiger partial charge in [-0.1, -0.05) is 13.3 Å². The molecular formula is C9H20N2. The third-order valence-corrected chi connectivity index (χ3v) is 3.11. The van der Waals surface area contributed by atoms with Gasteiger partial charge in [-0.3, -0.25) is 0 Å². The van der Waals surface area contributed by atoms with Gasteiger partial charge in [0.05, 0.1) is 0 Å². The van der Waals surface area contributed by atoms with Crippen LogP contribution in [0.25, 0.3) is 0 Å². The van der Waals surface area contributed by atoms with Crippen LogP contribution in [-0.4, -0.2) is 13.1 Å². The summed E-state index contributed by atoms with van der Waals surface area (Å²) in [5.41, 5.74) is 11.3. The lowest BCUT2D eigenvalue weighted by atomic mass is 9.75. The highest BCUT2D eigenvalue weighted by Gasteiger charge is 2.25. The van der Waals surface area contributed by atoms with E-state index in [9.17, 15) is 0 Å². The summed E-state index contributed by atoms with van der Waals surface area (Å²) in [6.45, 7) is 4.01. The number of hydrogen-bond donors (Lipinski definition) is 2. The van der Waals surface area contributed by atoms with Gasteiger partial charge in [0.2, 0.25) is 0 Å². The van der Waals surface area contributed by atoms with Crippen molar-refractivity contribution in [2.24, 2.45) is 29.2 Å². The van der Waals surface area contributed by atoms with Gasteiger partial charge in [-0.2, -0.15) is 0 Å². The van der Waals surface area contributed by atoms with E-state index in [2.05, 4.69) is 6.92 Å². The largest absolute Gasteiger partial charge is 0.330 e. The van der Waals surface area contributed by atoms with E-state index < -0.39 is 0 Å². The Balaban J connectivity index is 2.37. The average molecular weight is 156 g/mol. The van der Waals surface area contributed by atoms with Crippen LogP contribution in [0.3, 0.4) is 0 Å². The van der Waals surface area contributed by atoms with Gasteiger partial charge in [0, 0.05) is 0 Å². The molecule has 4 N–H and O–H groups in total. The van der Waals surface area contributed by atoms with E-state index in [1.54, 1.807) is 0 Å². The second-order valence-corrected chi connectivity index (χ2v) is 3.89. The molecule has 1 rings (SSSR count). The van der Waals surface area contributed by atoms with Crippen molar-refractivity contribution in [1.29, 1.82) is 0 Å². The highest BCUT2D eigenvalue weighted by molar-refractivity contribution is 4.78. The second kappa shape index (κ2) is 4.07. The van der Waals surface area contributed by atoms with Crippen molar-refractivity contribution in [3.8, 4) is 0 Å². The Morgan fingerprint density at radius 3 is 2.45 bits per heavy atom. The van der Waals surface area contributed by atoms with Crippen LogP contribution in [0.15, 0.2) is 0 Å². The second-order valence-electron chi connectivity index (χ2n) is 3.89. The standard InChI is InChI=1S/C9H20N2/c1-7-2-3-8(5-10)4-9(7)6-11/h7-9H,2-6,10-11H2,1H3. The van der Waals surface area contributed by atoms with Gasteiger partial charge < -0.3 is 11.5 Å². The molecule has 0 bridgehead atoms. The lowest BCUT2D eigenvalue weighted by Crippen LogP contribution is -2.31. The summed E-state index contributed by atoms with van der Waals surface area (Å²) in [7, 11) is 0. The van der Waals surface area contributed by atoms with Crippen LogP contribution in [0.2, 0.25) is 0 Å². The first-order valence-electron chi connectivity index (χ1n) is 4.68. The highest BCUT2D eigenvalue weighted by atomic mass is 14.6. The molecular weight excluding hydrogens is 136 g/mol. The first kappa shape index (κ1) is 9.01. The third kappa shape index (κ3) is 2.17. The number of rotatable bonds is 2. The molecule has 66 valence electrons. The van der Waals surface area contributed by atoms with E-state index in [-0.39, 0.29) is 0 Å². The summed E-state index contributed by atoms with van der Waals surface area (Å²) in [6.07, 6.45) is 3.89. The Hall–Kier alpha value is -0.0800. The highest BCUT2D eigenvalue weighted by Crippen LogP contribution is 2.32. The molecule has 3 unspecified atom stereocenters. The molecule has 1 fully saturated rings. The fraction of sp³-hybridized carbons (Fsp3) is 1.00. The minimum absolute atomic E-state index is 0.734. The summed E-state index contributed by atoms with van der Waals surface area (Å²) in [5.74, 6) is 2.31. The number of hydrogen-bond acceptors (Lipinski definition) is 2. The first-order valence-corrected chi connectivity index (χ1v) is 4.68. The van der Waals surface area contributed by atoms with Crippen molar-refractivity contribution < 1.29 is 0 Å². The lowest BCUT2D eigenvalue weighted by molar-refractivity contribution is 0.202. The molecule has 0 radical (unpaired) electrons. The van der Waals surface area contributed by atoms with Crippen LogP contribution in [0.1, 0.15) is 26.2 Å². The molecule has 3 atom stereocenters. The maximum Gasteiger partial charge on any atom is -0.00462 e. The molecule has 11 heavy (non-hydrogen) atoms. The van der Waals surface area contributed by atoms with E-state index in [0.29, 0.717) is 0 Å². The van der Waals surface area contributed by atoms with E-state index in [1.807, 2.05) is 0 Å². The Labute approximate surface area is 69.3 Å². The zero-order valence-corrected chi connectivity index (χ0v) is 7.42. The van der Waals surface area contributed by atoms with Crippen LogP contribution in [-0.2, 0) is 0 Å². The summed E-state index contributed by atoms with van der Waals surface area (Å²) in [6, 6.07) is 0. The maximum absolute atomic E-state index is 5.67. The predicted molar refractivity (Wildman–Crippen MR) is 48.1 cm³/mol. The van der Waals surface area contributed by atoms with Gasteiger partial charge in [0.1, 0.15) is 0 Å². The molecule has 0 aromatic carbocycles. The molecule has 1 aliphatic rings. The molecule has 0 aromatic rings. The normalized spacial score (nSPS) is 39.0. The SMILES string of the molecule is CC1CCC(CN)CC1CN. The predicted octanol–water partition coefficient (Wildman–Crippen LogP) is 0.956. The van der Waals surface area contributed by atoms with Gasteiger partial charge in [-0.05, 0) is 43.7 Å². The smallest absolute Gasteiger partial charge is 0.00462 e. The maximum atomic E-state index is 5.67. The average Bonchev–Trinajstić information content (AvgIpc) is 2.05. The zero-order valence-electron chi connectivity index (χ0n) is 7.42. The van der Waals surface area contributed by atoms with Crippen LogP contribution in [0.4, 0.5) is 0 Å². The van der Waals surface area contributed by atoms with Crippen molar-refractivity contribution in [1.82, 2.24) is 0 Å². The molecule has 0 heterocycles. The van der Waals surface area contributed by atoms with Crippen molar-refractivity contribution >= 4 is 0 Å². The van der Waals surface area contributed by atoms with Gasteiger partial charge >= 0.3 is 0 Å². The van der Waals surface area contributed by atoms with Crippen molar-refractivity contribution in [3.63, 3.8) is 0 Å². The number of nitrogens with two attached hydrogens (primary N) is 2. The molecule has 0 aliphatic heterocycles. The Morgan fingerprint density at radius 1 is 1.18 bits per heavy atom. The van der Waals surface area contributed by atoms with Crippen molar-refractivity contribution in [2.45, 2.75) is 26.2 Å². The lowest BCUT2D eigenvalue weighted by Gasteiger charge is -2.32. The van der Waals surface area contributed by atoms with E-state index in [0.717, 1.165) is 30.8 Å². The topological polar surface area (TPSA) is 52.0 Å². The monoisotopic (exact) mass is 156 g/mol. The molecule has 2 nitrogen and oxygen atoms in total. The molecule has 2 heteroatoms. The van der Waals surface area contributed by atoms with Gasteiger partial charge in [0.15, 0.2) is 0 Å². The fourth-order valence-corrected chi connectivity index (χ4v) is 2.06. The quantitative estimate of drug-likeness (QED) is 0.625. The molecule has 0 aromatic heterocycles. The first-order chi connectivity index (χ1) is 5.27. The zero-order chi connectivity index (χ0) is 8.27. The molecule has 0 amide bonds. The Kier molecular flexibility index (Phi) is 3.34. The fourth-order valence-electron chi connectivity index (χ4n) is 2.06. The molecule has 0 spiro atoms. The van der Waals surface area contributed by atoms with E-state index in [4.69, 9.17) is 11.5 Å². The third-order valence-electron chi connectivity index (χ3n) is 3.11. The molecule has 1 saturated carbocycles. The summed E-state index contributed by atoms with van der Waals surface area (Å²) in [4.78, 5) is 0.